The van der Waals surface area contributed by atoms with Crippen LogP contribution in [0.25, 0.3) is 0 Å². The van der Waals surface area contributed by atoms with Gasteiger partial charge in [-0.15, -0.1) is 0 Å². The zero-order valence-corrected chi connectivity index (χ0v) is 12.5. The van der Waals surface area contributed by atoms with Crippen molar-refractivity contribution >= 4 is 11.7 Å². The summed E-state index contributed by atoms with van der Waals surface area (Å²) < 4.78 is 12.1. The second-order valence-electron chi connectivity index (χ2n) is 4.25. The first kappa shape index (κ1) is 16.5. The van der Waals surface area contributed by atoms with Crippen LogP contribution < -0.4 is 5.73 Å². The van der Waals surface area contributed by atoms with E-state index in [1.54, 1.807) is 11.9 Å². The predicted octanol–water partition coefficient (Wildman–Crippen LogP) is 0.518. The van der Waals surface area contributed by atoms with Gasteiger partial charge in [0.15, 0.2) is 0 Å². The minimum atomic E-state index is -0.144. The highest BCUT2D eigenvalue weighted by atomic mass is 16.5. The van der Waals surface area contributed by atoms with E-state index in [0.29, 0.717) is 50.9 Å². The van der Waals surface area contributed by atoms with E-state index in [1.165, 1.54) is 10.9 Å². The van der Waals surface area contributed by atoms with E-state index in [0.717, 1.165) is 0 Å². The van der Waals surface area contributed by atoms with Gasteiger partial charge in [0.25, 0.3) is 5.91 Å². The van der Waals surface area contributed by atoms with Crippen molar-refractivity contribution in [1.82, 2.24) is 14.7 Å². The van der Waals surface area contributed by atoms with Crippen LogP contribution in [0.3, 0.4) is 0 Å². The van der Waals surface area contributed by atoms with Crippen LogP contribution in [-0.2, 0) is 16.5 Å². The second kappa shape index (κ2) is 8.55. The third kappa shape index (κ3) is 4.50. The molecule has 0 aromatic carbocycles. The molecule has 7 heteroatoms. The molecule has 1 rings (SSSR count). The van der Waals surface area contributed by atoms with Crippen LogP contribution in [0.15, 0.2) is 6.20 Å². The number of aryl methyl sites for hydroxylation is 1. The van der Waals surface area contributed by atoms with E-state index >= 15 is 0 Å². The van der Waals surface area contributed by atoms with Crippen molar-refractivity contribution in [3.63, 3.8) is 0 Å². The number of nitrogen functional groups attached to an aromatic ring is 1. The smallest absolute Gasteiger partial charge is 0.259 e. The minimum Gasteiger partial charge on any atom is -0.383 e. The number of hydrogen-bond acceptors (Lipinski definition) is 5. The quantitative estimate of drug-likeness (QED) is 0.668. The molecule has 1 aromatic rings. The molecule has 1 heterocycles. The molecule has 7 nitrogen and oxygen atoms in total. The zero-order chi connectivity index (χ0) is 15.0. The van der Waals surface area contributed by atoms with Crippen LogP contribution in [-0.4, -0.2) is 60.1 Å². The maximum Gasteiger partial charge on any atom is 0.259 e. The maximum atomic E-state index is 12.4. The highest BCUT2D eigenvalue weighted by Gasteiger charge is 2.20. The van der Waals surface area contributed by atoms with E-state index in [-0.39, 0.29) is 5.91 Å². The van der Waals surface area contributed by atoms with Gasteiger partial charge in [-0.05, 0) is 13.8 Å². The number of aromatic nitrogens is 2. The van der Waals surface area contributed by atoms with Crippen LogP contribution in [0, 0.1) is 0 Å². The van der Waals surface area contributed by atoms with Gasteiger partial charge in [0.2, 0.25) is 0 Å². The van der Waals surface area contributed by atoms with E-state index in [2.05, 4.69) is 5.10 Å². The Balaban J connectivity index is 2.69. The lowest BCUT2D eigenvalue weighted by atomic mass is 10.2. The lowest BCUT2D eigenvalue weighted by molar-refractivity contribution is 0.0551. The Morgan fingerprint density at radius 2 is 1.85 bits per heavy atom. The fourth-order valence-electron chi connectivity index (χ4n) is 1.74. The molecule has 0 fully saturated rings. The first-order valence-electron chi connectivity index (χ1n) is 6.84. The third-order valence-corrected chi connectivity index (χ3v) is 2.92. The summed E-state index contributed by atoms with van der Waals surface area (Å²) >= 11 is 0. The number of nitrogens with two attached hydrogens (primary N) is 1. The van der Waals surface area contributed by atoms with E-state index in [4.69, 9.17) is 15.2 Å². The first-order chi connectivity index (χ1) is 9.61. The van der Waals surface area contributed by atoms with Gasteiger partial charge in [0.05, 0.1) is 19.4 Å². The maximum absolute atomic E-state index is 12.4. The molecule has 1 aromatic heterocycles. The molecule has 0 spiro atoms. The fraction of sp³-hybridized carbons (Fsp3) is 0.692. The summed E-state index contributed by atoms with van der Waals surface area (Å²) in [4.78, 5) is 14.1. The number of rotatable bonds is 9. The Bertz CT molecular complexity index is 410. The van der Waals surface area contributed by atoms with Crippen molar-refractivity contribution in [1.29, 1.82) is 0 Å². The highest BCUT2D eigenvalue weighted by molar-refractivity contribution is 5.98. The van der Waals surface area contributed by atoms with Gasteiger partial charge in [-0.3, -0.25) is 9.48 Å². The minimum absolute atomic E-state index is 0.144. The van der Waals surface area contributed by atoms with E-state index in [1.807, 2.05) is 13.8 Å². The average molecular weight is 284 g/mol. The molecule has 0 atom stereocenters. The molecule has 0 aliphatic rings. The number of carbonyl (C=O) groups excluding carboxylic acids is 1. The average Bonchev–Trinajstić information content (AvgIpc) is 2.77. The molecule has 0 saturated heterocycles. The van der Waals surface area contributed by atoms with Crippen molar-refractivity contribution < 1.29 is 14.3 Å². The molecule has 2 N–H and O–H groups in total. The topological polar surface area (TPSA) is 82.6 Å². The highest BCUT2D eigenvalue weighted by Crippen LogP contribution is 2.12. The van der Waals surface area contributed by atoms with Crippen molar-refractivity contribution in [2.24, 2.45) is 7.05 Å². The van der Waals surface area contributed by atoms with Gasteiger partial charge >= 0.3 is 0 Å². The Morgan fingerprint density at radius 1 is 1.30 bits per heavy atom. The fourth-order valence-corrected chi connectivity index (χ4v) is 1.74. The van der Waals surface area contributed by atoms with E-state index in [9.17, 15) is 4.79 Å². The number of carbonyl (C=O) groups is 1. The van der Waals surface area contributed by atoms with Gasteiger partial charge < -0.3 is 20.1 Å². The van der Waals surface area contributed by atoms with Crippen molar-refractivity contribution in [3.05, 3.63) is 11.8 Å². The summed E-state index contributed by atoms with van der Waals surface area (Å²) in [5.74, 6) is 0.225. The van der Waals surface area contributed by atoms with Crippen LogP contribution in [0.4, 0.5) is 5.82 Å². The van der Waals surface area contributed by atoms with Gasteiger partial charge in [0, 0.05) is 33.4 Å². The van der Waals surface area contributed by atoms with Crippen molar-refractivity contribution in [3.8, 4) is 0 Å². The summed E-state index contributed by atoms with van der Waals surface area (Å²) in [6, 6.07) is 0. The lowest BCUT2D eigenvalue weighted by Crippen LogP contribution is -2.37. The molecule has 1 amide bonds. The molecule has 0 aliphatic heterocycles. The van der Waals surface area contributed by atoms with Gasteiger partial charge in [-0.2, -0.15) is 5.10 Å². The Kier molecular flexibility index (Phi) is 7.03. The number of nitrogens with zero attached hydrogens (tertiary/aromatic N) is 3. The summed E-state index contributed by atoms with van der Waals surface area (Å²) in [6.45, 7) is 7.10. The Hall–Kier alpha value is -1.60. The van der Waals surface area contributed by atoms with Gasteiger partial charge in [0.1, 0.15) is 11.4 Å². The number of amides is 1. The SMILES string of the molecule is CCOCCN(CCOCC)C(=O)c1cnn(C)c1N. The first-order valence-corrected chi connectivity index (χ1v) is 6.84. The summed E-state index contributed by atoms with van der Waals surface area (Å²) in [6.07, 6.45) is 1.49. The zero-order valence-electron chi connectivity index (χ0n) is 12.5. The monoisotopic (exact) mass is 284 g/mol. The molecule has 0 bridgehead atoms. The number of hydrogen-bond donors (Lipinski definition) is 1. The largest absolute Gasteiger partial charge is 0.383 e. The van der Waals surface area contributed by atoms with Crippen molar-refractivity contribution in [2.75, 3.05) is 45.3 Å². The van der Waals surface area contributed by atoms with Gasteiger partial charge in [-0.25, -0.2) is 0 Å². The molecule has 0 unspecified atom stereocenters. The molecule has 114 valence electrons. The van der Waals surface area contributed by atoms with Crippen LogP contribution in [0.1, 0.15) is 24.2 Å². The number of ether oxygens (including phenoxy) is 2. The molecular weight excluding hydrogens is 260 g/mol. The van der Waals surface area contributed by atoms with E-state index < -0.39 is 0 Å². The summed E-state index contributed by atoms with van der Waals surface area (Å²) in [7, 11) is 1.71. The lowest BCUT2D eigenvalue weighted by Gasteiger charge is -2.22. The molecule has 0 aliphatic carbocycles. The molecular formula is C13H24N4O3. The molecule has 0 radical (unpaired) electrons. The van der Waals surface area contributed by atoms with Gasteiger partial charge in [-0.1, -0.05) is 0 Å². The Morgan fingerprint density at radius 3 is 2.25 bits per heavy atom. The Labute approximate surface area is 119 Å². The normalized spacial score (nSPS) is 10.8. The molecule has 0 saturated carbocycles. The number of anilines is 1. The predicted molar refractivity (Wildman–Crippen MR) is 76.5 cm³/mol. The summed E-state index contributed by atoms with van der Waals surface area (Å²) in [5.41, 5.74) is 6.26. The summed E-state index contributed by atoms with van der Waals surface area (Å²) in [5, 5.41) is 3.99. The van der Waals surface area contributed by atoms with Crippen LogP contribution in [0.5, 0.6) is 0 Å². The molecule has 20 heavy (non-hydrogen) atoms. The van der Waals surface area contributed by atoms with Crippen molar-refractivity contribution in [2.45, 2.75) is 13.8 Å². The van der Waals surface area contributed by atoms with Crippen LogP contribution >= 0.6 is 0 Å². The second-order valence-corrected chi connectivity index (χ2v) is 4.25. The van der Waals surface area contributed by atoms with Crippen LogP contribution in [0.2, 0.25) is 0 Å². The third-order valence-electron chi connectivity index (χ3n) is 2.92. The standard InChI is InChI=1S/C13H24N4O3/c1-4-19-8-6-17(7-9-20-5-2)13(18)11-10-15-16(3)12(11)14/h10H,4-9,14H2,1-3H3.